The average Bonchev–Trinajstić information content (AvgIpc) is 2.92. The maximum Gasteiger partial charge on any atom is 0.256 e. The number of aliphatic hydroxyl groups excluding tert-OH is 1. The highest BCUT2D eigenvalue weighted by molar-refractivity contribution is 6.09. The summed E-state index contributed by atoms with van der Waals surface area (Å²) in [7, 11) is 0. The lowest BCUT2D eigenvalue weighted by Gasteiger charge is -2.34. The number of primary amides is 1. The molecule has 1 atom stereocenters. The molecule has 0 bridgehead atoms. The van der Waals surface area contributed by atoms with Crippen LogP contribution < -0.4 is 15.8 Å². The molecule has 2 aromatic rings. The number of aliphatic hydroxyl groups is 1. The minimum Gasteiger partial charge on any atom is -0.493 e. The van der Waals surface area contributed by atoms with Gasteiger partial charge in [-0.3, -0.25) is 9.59 Å². The van der Waals surface area contributed by atoms with E-state index in [1.54, 1.807) is 25.1 Å². The molecule has 7 nitrogen and oxygen atoms in total. The number of hydrogen-bond acceptors (Lipinski definition) is 5. The van der Waals surface area contributed by atoms with Crippen LogP contribution in [0.2, 0.25) is 0 Å². The van der Waals surface area contributed by atoms with Crippen LogP contribution in [-0.4, -0.2) is 41.6 Å². The molecule has 1 aromatic heterocycles. The van der Waals surface area contributed by atoms with Gasteiger partial charge in [0.2, 0.25) is 11.8 Å². The molecule has 1 saturated carbocycles. The Bertz CT molecular complexity index is 918. The van der Waals surface area contributed by atoms with Crippen molar-refractivity contribution in [3.8, 4) is 5.75 Å². The average molecular weight is 396 g/mol. The van der Waals surface area contributed by atoms with E-state index in [2.05, 4.69) is 5.32 Å². The maximum atomic E-state index is 12.9. The molecule has 0 saturated heterocycles. The van der Waals surface area contributed by atoms with Crippen LogP contribution in [-0.2, 0) is 4.79 Å². The molecule has 1 fully saturated rings. The molecule has 0 spiro atoms. The van der Waals surface area contributed by atoms with Gasteiger partial charge in [0, 0.05) is 24.1 Å². The second-order valence-electron chi connectivity index (χ2n) is 7.44. The third kappa shape index (κ3) is 3.80. The first-order valence-electron chi connectivity index (χ1n) is 8.82. The number of furan rings is 1. The molecule has 0 aliphatic heterocycles. The zero-order valence-corrected chi connectivity index (χ0v) is 15.6. The lowest BCUT2D eigenvalue weighted by molar-refractivity contribution is -0.125. The van der Waals surface area contributed by atoms with Gasteiger partial charge < -0.3 is 25.3 Å². The quantitative estimate of drug-likeness (QED) is 0.663. The van der Waals surface area contributed by atoms with Crippen LogP contribution in [0, 0.1) is 12.8 Å². The first kappa shape index (κ1) is 20.1. The summed E-state index contributed by atoms with van der Waals surface area (Å²) in [4.78, 5) is 24.2. The number of hydrogen-bond donors (Lipinski definition) is 3. The van der Waals surface area contributed by atoms with Crippen LogP contribution >= 0.6 is 0 Å². The second-order valence-corrected chi connectivity index (χ2v) is 7.44. The van der Waals surface area contributed by atoms with E-state index in [1.165, 1.54) is 6.92 Å². The molecular weight excluding hydrogens is 374 g/mol. The van der Waals surface area contributed by atoms with Gasteiger partial charge in [-0.1, -0.05) is 0 Å². The first-order valence-corrected chi connectivity index (χ1v) is 8.82. The molecule has 28 heavy (non-hydrogen) atoms. The molecule has 1 aliphatic rings. The highest BCUT2D eigenvalue weighted by Crippen LogP contribution is 2.42. The molecule has 0 radical (unpaired) electrons. The lowest BCUT2D eigenvalue weighted by Crippen LogP contribution is -2.57. The Morgan fingerprint density at radius 3 is 2.68 bits per heavy atom. The van der Waals surface area contributed by atoms with Crippen LogP contribution in [0.4, 0.5) is 8.78 Å². The van der Waals surface area contributed by atoms with E-state index in [-0.39, 0.29) is 30.9 Å². The Morgan fingerprint density at radius 2 is 2.11 bits per heavy atom. The smallest absolute Gasteiger partial charge is 0.256 e. The molecule has 1 heterocycles. The van der Waals surface area contributed by atoms with E-state index in [4.69, 9.17) is 14.9 Å². The number of fused-ring (bicyclic) bond motifs is 1. The van der Waals surface area contributed by atoms with Crippen molar-refractivity contribution in [3.63, 3.8) is 0 Å². The molecule has 152 valence electrons. The van der Waals surface area contributed by atoms with Crippen molar-refractivity contribution in [2.24, 2.45) is 11.7 Å². The van der Waals surface area contributed by atoms with Gasteiger partial charge in [-0.25, -0.2) is 8.78 Å². The van der Waals surface area contributed by atoms with Crippen molar-refractivity contribution in [2.45, 2.75) is 38.2 Å². The van der Waals surface area contributed by atoms with Gasteiger partial charge in [-0.2, -0.15) is 0 Å². The van der Waals surface area contributed by atoms with Gasteiger partial charge >= 0.3 is 0 Å². The maximum absolute atomic E-state index is 12.9. The van der Waals surface area contributed by atoms with Crippen molar-refractivity contribution in [2.75, 3.05) is 13.2 Å². The predicted octanol–water partition coefficient (Wildman–Crippen LogP) is 2.13. The SMILES string of the molecule is Cc1oc2ccc(OCC3CC(F)(F)C3)cc2c1C(=O)NC(C)(CO)C(N)=O. The Hall–Kier alpha value is -2.68. The van der Waals surface area contributed by atoms with Crippen molar-refractivity contribution < 1.29 is 32.6 Å². The van der Waals surface area contributed by atoms with Crippen molar-refractivity contribution >= 4 is 22.8 Å². The van der Waals surface area contributed by atoms with Gasteiger partial charge in [0.1, 0.15) is 22.6 Å². The zero-order chi connectivity index (χ0) is 20.7. The van der Waals surface area contributed by atoms with Gasteiger partial charge in [0.15, 0.2) is 0 Å². The summed E-state index contributed by atoms with van der Waals surface area (Å²) < 4.78 is 37.0. The third-order valence-corrected chi connectivity index (χ3v) is 4.97. The molecule has 2 amide bonds. The fourth-order valence-corrected chi connectivity index (χ4v) is 3.18. The summed E-state index contributed by atoms with van der Waals surface area (Å²) in [5.41, 5.74) is 4.23. The number of carbonyl (C=O) groups is 2. The van der Waals surface area contributed by atoms with E-state index >= 15 is 0 Å². The lowest BCUT2D eigenvalue weighted by atomic mass is 9.82. The van der Waals surface area contributed by atoms with Gasteiger partial charge in [0.25, 0.3) is 5.91 Å². The van der Waals surface area contributed by atoms with Crippen molar-refractivity contribution in [1.29, 1.82) is 0 Å². The topological polar surface area (TPSA) is 115 Å². The fourth-order valence-electron chi connectivity index (χ4n) is 3.18. The van der Waals surface area contributed by atoms with Gasteiger partial charge in [0.05, 0.1) is 18.8 Å². The largest absolute Gasteiger partial charge is 0.493 e. The molecule has 9 heteroatoms. The monoisotopic (exact) mass is 396 g/mol. The standard InChI is InChI=1S/C19H22F2N2O5/c1-10-15(16(25)23-18(2,9-24)17(22)26)13-5-12(3-4-14(13)28-10)27-8-11-6-19(20,21)7-11/h3-5,11,24H,6-9H2,1-2H3,(H2,22,26)(H,23,25). The number of alkyl halides is 2. The number of aryl methyl sites for hydroxylation is 1. The Morgan fingerprint density at radius 1 is 1.43 bits per heavy atom. The summed E-state index contributed by atoms with van der Waals surface area (Å²) in [6, 6.07) is 4.83. The van der Waals surface area contributed by atoms with E-state index in [0.717, 1.165) is 0 Å². The van der Waals surface area contributed by atoms with E-state index in [9.17, 15) is 23.5 Å². The van der Waals surface area contributed by atoms with E-state index in [0.29, 0.717) is 22.5 Å². The number of rotatable bonds is 7. The van der Waals surface area contributed by atoms with Crippen LogP contribution in [0.5, 0.6) is 5.75 Å². The molecule has 1 aromatic carbocycles. The summed E-state index contributed by atoms with van der Waals surface area (Å²) in [5, 5.41) is 12.3. The van der Waals surface area contributed by atoms with E-state index in [1.807, 2.05) is 0 Å². The molecule has 1 unspecified atom stereocenters. The van der Waals surface area contributed by atoms with Crippen LogP contribution in [0.1, 0.15) is 35.9 Å². The fraction of sp³-hybridized carbons (Fsp3) is 0.474. The minimum atomic E-state index is -2.61. The predicted molar refractivity (Wildman–Crippen MR) is 96.3 cm³/mol. The highest BCUT2D eigenvalue weighted by atomic mass is 19.3. The number of carbonyl (C=O) groups excluding carboxylic acids is 2. The highest BCUT2D eigenvalue weighted by Gasteiger charge is 2.45. The Kier molecular flexibility index (Phi) is 5.05. The van der Waals surface area contributed by atoms with Crippen LogP contribution in [0.3, 0.4) is 0 Å². The number of benzene rings is 1. The summed E-state index contributed by atoms with van der Waals surface area (Å²) >= 11 is 0. The number of ether oxygens (including phenoxy) is 1. The van der Waals surface area contributed by atoms with Crippen LogP contribution in [0.25, 0.3) is 11.0 Å². The zero-order valence-electron chi connectivity index (χ0n) is 15.6. The normalized spacial score (nSPS) is 18.3. The van der Waals surface area contributed by atoms with Crippen molar-refractivity contribution in [1.82, 2.24) is 5.32 Å². The Balaban J connectivity index is 1.81. The summed E-state index contributed by atoms with van der Waals surface area (Å²) in [6.07, 6.45) is -0.388. The van der Waals surface area contributed by atoms with Gasteiger partial charge in [-0.15, -0.1) is 0 Å². The second kappa shape index (κ2) is 7.05. The first-order chi connectivity index (χ1) is 13.0. The third-order valence-electron chi connectivity index (χ3n) is 4.97. The van der Waals surface area contributed by atoms with E-state index < -0.39 is 29.9 Å². The minimum absolute atomic E-state index is 0.156. The summed E-state index contributed by atoms with van der Waals surface area (Å²) in [6.45, 7) is 2.40. The van der Waals surface area contributed by atoms with Crippen LogP contribution in [0.15, 0.2) is 22.6 Å². The molecule has 3 rings (SSSR count). The Labute approximate surface area is 159 Å². The molecule has 4 N–H and O–H groups in total. The number of halogens is 2. The number of nitrogens with two attached hydrogens (primary N) is 1. The molecular formula is C19H22F2N2O5. The van der Waals surface area contributed by atoms with Gasteiger partial charge in [-0.05, 0) is 32.0 Å². The molecule has 1 aliphatic carbocycles. The van der Waals surface area contributed by atoms with Crippen molar-refractivity contribution in [3.05, 3.63) is 29.5 Å². The summed E-state index contributed by atoms with van der Waals surface area (Å²) in [5.74, 6) is -3.60. The number of amides is 2. The number of nitrogens with one attached hydrogen (secondary N) is 1.